The van der Waals surface area contributed by atoms with Crippen LogP contribution in [0.15, 0.2) is 71.5 Å². The maximum absolute atomic E-state index is 13.9. The molecule has 0 bridgehead atoms. The van der Waals surface area contributed by atoms with Crippen LogP contribution in [0, 0.1) is 6.92 Å². The number of carbonyl (C=O) groups excluding carboxylic acids is 1. The van der Waals surface area contributed by atoms with E-state index in [0.29, 0.717) is 39.5 Å². The van der Waals surface area contributed by atoms with Crippen LogP contribution in [-0.4, -0.2) is 26.9 Å². The lowest BCUT2D eigenvalue weighted by Crippen LogP contribution is -2.38. The van der Waals surface area contributed by atoms with Crippen molar-refractivity contribution in [2.45, 2.75) is 65.8 Å². The zero-order valence-electron chi connectivity index (χ0n) is 22.7. The molecule has 0 saturated heterocycles. The van der Waals surface area contributed by atoms with Gasteiger partial charge in [0.15, 0.2) is 0 Å². The van der Waals surface area contributed by atoms with Gasteiger partial charge in [0.2, 0.25) is 0 Å². The lowest BCUT2D eigenvalue weighted by atomic mass is 10.1. The van der Waals surface area contributed by atoms with Gasteiger partial charge in [0.05, 0.1) is 22.6 Å². The van der Waals surface area contributed by atoms with Gasteiger partial charge in [0, 0.05) is 17.1 Å². The normalized spacial score (nSPS) is 12.0. The second-order valence-electron chi connectivity index (χ2n) is 9.80. The van der Waals surface area contributed by atoms with Crippen molar-refractivity contribution in [3.63, 3.8) is 0 Å². The third-order valence-corrected chi connectivity index (χ3v) is 7.65. The lowest BCUT2D eigenvalue weighted by molar-refractivity contribution is 0.0677. The topological polar surface area (TPSA) is 55.2 Å². The van der Waals surface area contributed by atoms with Crippen molar-refractivity contribution in [2.75, 3.05) is 6.54 Å². The fourth-order valence-electron chi connectivity index (χ4n) is 4.87. The van der Waals surface area contributed by atoms with E-state index in [1.54, 1.807) is 10.6 Å². The van der Waals surface area contributed by atoms with Crippen molar-refractivity contribution < 1.29 is 4.79 Å². The number of aryl methyl sites for hydroxylation is 1. The number of rotatable bonds is 10. The molecule has 0 radical (unpaired) electrons. The zero-order chi connectivity index (χ0) is 27.2. The Bertz CT molecular complexity index is 1480. The van der Waals surface area contributed by atoms with E-state index in [1.165, 1.54) is 5.56 Å². The second-order valence-corrected chi connectivity index (χ2v) is 10.2. The molecule has 1 amide bonds. The summed E-state index contributed by atoms with van der Waals surface area (Å²) in [5, 5.41) is 1.10. The molecule has 5 nitrogen and oxygen atoms in total. The first-order valence-corrected chi connectivity index (χ1v) is 13.9. The maximum atomic E-state index is 13.9. The van der Waals surface area contributed by atoms with Crippen LogP contribution in [0.5, 0.6) is 0 Å². The number of nitrogens with zero attached hydrogens (tertiary/aromatic N) is 3. The summed E-state index contributed by atoms with van der Waals surface area (Å²) in [6.07, 6.45) is 5.06. The molecular weight excluding hydrogens is 494 g/mol. The van der Waals surface area contributed by atoms with E-state index in [0.717, 1.165) is 37.7 Å². The highest BCUT2D eigenvalue weighted by Crippen LogP contribution is 2.28. The molecule has 0 aliphatic heterocycles. The molecular formula is C32H36ClN3O2. The molecule has 1 aromatic heterocycles. The first-order valence-electron chi connectivity index (χ1n) is 13.5. The Labute approximate surface area is 230 Å². The summed E-state index contributed by atoms with van der Waals surface area (Å²) < 4.78 is 1.64. The van der Waals surface area contributed by atoms with Gasteiger partial charge >= 0.3 is 0 Å². The number of halogens is 1. The van der Waals surface area contributed by atoms with Gasteiger partial charge in [-0.15, -0.1) is 0 Å². The third-order valence-electron chi connectivity index (χ3n) is 7.25. The van der Waals surface area contributed by atoms with Gasteiger partial charge in [-0.05, 0) is 74.2 Å². The summed E-state index contributed by atoms with van der Waals surface area (Å²) in [6.45, 7) is 8.71. The minimum Gasteiger partial charge on any atom is -0.329 e. The molecule has 0 fully saturated rings. The number of para-hydroxylation sites is 1. The zero-order valence-corrected chi connectivity index (χ0v) is 23.5. The highest BCUT2D eigenvalue weighted by molar-refractivity contribution is 6.31. The van der Waals surface area contributed by atoms with E-state index >= 15 is 0 Å². The van der Waals surface area contributed by atoms with Gasteiger partial charge in [-0.3, -0.25) is 14.2 Å². The second kappa shape index (κ2) is 12.4. The number of aromatic nitrogens is 2. The number of unbranched alkanes of at least 4 members (excludes halogenated alkanes) is 3. The van der Waals surface area contributed by atoms with Gasteiger partial charge in [0.1, 0.15) is 5.82 Å². The highest BCUT2D eigenvalue weighted by Gasteiger charge is 2.28. The van der Waals surface area contributed by atoms with E-state index < -0.39 is 6.04 Å². The molecule has 1 atom stereocenters. The smallest absolute Gasteiger partial charge is 0.266 e. The number of carbonyl (C=O) groups is 1. The molecule has 38 heavy (non-hydrogen) atoms. The molecule has 6 heteroatoms. The van der Waals surface area contributed by atoms with E-state index in [2.05, 4.69) is 13.8 Å². The summed E-state index contributed by atoms with van der Waals surface area (Å²) in [7, 11) is 0. The standard InChI is InChI=1S/C32H36ClN3O2/c1-5-7-8-11-21-35(31(37)25-19-17-24(6-2)18-20-25)23(4)30-34-28-15-10-9-13-26(28)32(38)36(30)29-16-12-14-27(33)22(29)3/h9-10,12-20,23H,5-8,11,21H2,1-4H3. The third kappa shape index (κ3) is 5.68. The minimum absolute atomic E-state index is 0.0616. The van der Waals surface area contributed by atoms with Crippen LogP contribution >= 0.6 is 11.6 Å². The van der Waals surface area contributed by atoms with Gasteiger partial charge in [-0.25, -0.2) is 4.98 Å². The Morgan fingerprint density at radius 3 is 2.42 bits per heavy atom. The number of hydrogen-bond acceptors (Lipinski definition) is 3. The van der Waals surface area contributed by atoms with Gasteiger partial charge in [-0.2, -0.15) is 0 Å². The average Bonchev–Trinajstić information content (AvgIpc) is 2.94. The first-order chi connectivity index (χ1) is 18.4. The van der Waals surface area contributed by atoms with Crippen molar-refractivity contribution in [3.8, 4) is 5.69 Å². The van der Waals surface area contributed by atoms with E-state index in [4.69, 9.17) is 16.6 Å². The summed E-state index contributed by atoms with van der Waals surface area (Å²) in [5.74, 6) is 0.460. The Balaban J connectivity index is 1.87. The van der Waals surface area contributed by atoms with Crippen molar-refractivity contribution >= 4 is 28.4 Å². The predicted octanol–water partition coefficient (Wildman–Crippen LogP) is 7.69. The molecule has 0 N–H and O–H groups in total. The molecule has 0 aliphatic rings. The maximum Gasteiger partial charge on any atom is 0.266 e. The van der Waals surface area contributed by atoms with E-state index in [-0.39, 0.29) is 11.5 Å². The van der Waals surface area contributed by atoms with Crippen molar-refractivity contribution in [2.24, 2.45) is 0 Å². The molecule has 198 valence electrons. The Hall–Kier alpha value is -3.44. The summed E-state index contributed by atoms with van der Waals surface area (Å²) in [4.78, 5) is 34.7. The minimum atomic E-state index is -0.453. The van der Waals surface area contributed by atoms with Crippen LogP contribution in [-0.2, 0) is 6.42 Å². The van der Waals surface area contributed by atoms with Crippen molar-refractivity contribution in [1.82, 2.24) is 14.5 Å². The van der Waals surface area contributed by atoms with Crippen LogP contribution in [0.2, 0.25) is 5.02 Å². The monoisotopic (exact) mass is 529 g/mol. The summed E-state index contributed by atoms with van der Waals surface area (Å²) in [6, 6.07) is 20.2. The van der Waals surface area contributed by atoms with Crippen molar-refractivity contribution in [1.29, 1.82) is 0 Å². The van der Waals surface area contributed by atoms with E-state index in [9.17, 15) is 9.59 Å². The van der Waals surface area contributed by atoms with Crippen LogP contribution in [0.4, 0.5) is 0 Å². The lowest BCUT2D eigenvalue weighted by Gasteiger charge is -2.31. The number of amides is 1. The Morgan fingerprint density at radius 2 is 1.71 bits per heavy atom. The quantitative estimate of drug-likeness (QED) is 0.198. The first kappa shape index (κ1) is 27.6. The fourth-order valence-corrected chi connectivity index (χ4v) is 5.04. The average molecular weight is 530 g/mol. The number of benzene rings is 3. The molecule has 0 spiro atoms. The van der Waals surface area contributed by atoms with Crippen molar-refractivity contribution in [3.05, 3.63) is 105 Å². The molecule has 4 aromatic rings. The summed E-state index contributed by atoms with van der Waals surface area (Å²) >= 11 is 6.48. The molecule has 1 unspecified atom stereocenters. The predicted molar refractivity (Wildman–Crippen MR) is 157 cm³/mol. The van der Waals surface area contributed by atoms with Crippen LogP contribution in [0.3, 0.4) is 0 Å². The molecule has 1 heterocycles. The molecule has 0 saturated carbocycles. The fraction of sp³-hybridized carbons (Fsp3) is 0.344. The number of hydrogen-bond donors (Lipinski definition) is 0. The highest BCUT2D eigenvalue weighted by atomic mass is 35.5. The van der Waals surface area contributed by atoms with Gasteiger partial charge in [-0.1, -0.05) is 75.0 Å². The molecule has 0 aliphatic carbocycles. The number of fused-ring (bicyclic) bond motifs is 1. The molecule has 3 aromatic carbocycles. The summed E-state index contributed by atoms with van der Waals surface area (Å²) in [5.41, 5.74) is 3.73. The van der Waals surface area contributed by atoms with E-state index in [1.807, 2.05) is 79.4 Å². The SMILES string of the molecule is CCCCCCN(C(=O)c1ccc(CC)cc1)C(C)c1nc2ccccc2c(=O)n1-c1cccc(Cl)c1C. The molecule has 4 rings (SSSR count). The van der Waals surface area contributed by atoms with Crippen LogP contribution < -0.4 is 5.56 Å². The van der Waals surface area contributed by atoms with Crippen LogP contribution in [0.1, 0.15) is 79.8 Å². The Morgan fingerprint density at radius 1 is 0.974 bits per heavy atom. The Kier molecular flexibility index (Phi) is 9.01. The van der Waals surface area contributed by atoms with Gasteiger partial charge in [0.25, 0.3) is 11.5 Å². The largest absolute Gasteiger partial charge is 0.329 e. The van der Waals surface area contributed by atoms with Crippen LogP contribution in [0.25, 0.3) is 16.6 Å². The van der Waals surface area contributed by atoms with Gasteiger partial charge < -0.3 is 4.90 Å².